The molecule has 0 amide bonds. The van der Waals surface area contributed by atoms with Gasteiger partial charge in [0.15, 0.2) is 4.98 Å². The van der Waals surface area contributed by atoms with E-state index in [-0.39, 0.29) is 31.0 Å². The van der Waals surface area contributed by atoms with Crippen molar-refractivity contribution in [2.75, 3.05) is 19.0 Å². The van der Waals surface area contributed by atoms with Crippen LogP contribution in [0.25, 0.3) is 4.98 Å². The molecule has 0 bridgehead atoms. The molecule has 0 aliphatic heterocycles. The Morgan fingerprint density at radius 2 is 1.81 bits per heavy atom. The van der Waals surface area contributed by atoms with Gasteiger partial charge in [-0.1, -0.05) is 0 Å². The summed E-state index contributed by atoms with van der Waals surface area (Å²) in [5.41, 5.74) is 1.67. The Labute approximate surface area is 120 Å². The van der Waals surface area contributed by atoms with Crippen LogP contribution in [0.4, 0.5) is 11.4 Å². The minimum atomic E-state index is -2.86. The second-order valence-corrected chi connectivity index (χ2v) is 3.16. The zero-order valence-corrected chi connectivity index (χ0v) is 12.1. The Morgan fingerprint density at radius 1 is 1.44 bits per heavy atom. The van der Waals surface area contributed by atoms with Crippen molar-refractivity contribution in [3.8, 4) is 0 Å². The van der Waals surface area contributed by atoms with Crippen molar-refractivity contribution < 1.29 is 14.7 Å². The Morgan fingerprint density at radius 3 is 2.06 bits per heavy atom. The van der Waals surface area contributed by atoms with E-state index in [2.05, 4.69) is 4.98 Å². The Kier molecular flexibility index (Phi) is 10.9. The number of benzene rings is 1. The molecule has 1 aromatic rings. The zero-order chi connectivity index (χ0) is 11.8. The maximum absolute atomic E-state index is 8.56. The molecule has 6 nitrogen and oxygen atoms in total. The molecule has 0 heterocycles. The maximum Gasteiger partial charge on any atom is 0.385 e. The van der Waals surface area contributed by atoms with Gasteiger partial charge < -0.3 is 14.0 Å². The third kappa shape index (κ3) is 8.79. The quantitative estimate of drug-likeness (QED) is 0.465. The van der Waals surface area contributed by atoms with Crippen LogP contribution < -0.4 is 4.90 Å². The van der Waals surface area contributed by atoms with Crippen molar-refractivity contribution in [1.82, 2.24) is 0 Å². The number of nitrogens with zero attached hydrogens (tertiary/aromatic N) is 3. The normalized spacial score (nSPS) is 9.94. The van der Waals surface area contributed by atoms with Crippen LogP contribution in [0, 0.1) is 5.39 Å². The standard InChI is InChI=1S/C8H10N3.Na.H2O3S.H2/c1-11(2)8-5-3-7(10-9)4-6-8;;1-4(2)3;/h3-6H,1-2H3;;(H2,1,2,3);1H/q+1;;;/p-1. The van der Waals surface area contributed by atoms with E-state index in [0.717, 1.165) is 5.69 Å². The van der Waals surface area contributed by atoms with Crippen LogP contribution >= 0.6 is 0 Å². The molecule has 0 aromatic heterocycles. The summed E-state index contributed by atoms with van der Waals surface area (Å²) in [7, 11) is 3.93. The first-order valence-electron chi connectivity index (χ1n) is 3.88. The van der Waals surface area contributed by atoms with Gasteiger partial charge in [-0.15, -0.1) is 0 Å². The summed E-state index contributed by atoms with van der Waals surface area (Å²) in [5.74, 6) is 0. The SMILES string of the molecule is CN(C)c1ccc([N+]#N)cc1.O=S([O-])O.[HH].[Na]. The second-order valence-electron chi connectivity index (χ2n) is 2.73. The van der Waals surface area contributed by atoms with Crippen molar-refractivity contribution in [3.05, 3.63) is 29.2 Å². The second kappa shape index (κ2) is 9.72. The molecule has 16 heavy (non-hydrogen) atoms. The fraction of sp³-hybridized carbons (Fsp3) is 0.250. The van der Waals surface area contributed by atoms with E-state index in [0.29, 0.717) is 5.69 Å². The van der Waals surface area contributed by atoms with Gasteiger partial charge in [-0.2, -0.15) is 0 Å². The Bertz CT molecular complexity index is 365. The van der Waals surface area contributed by atoms with Gasteiger partial charge in [0, 0.05) is 62.9 Å². The maximum atomic E-state index is 8.56. The third-order valence-corrected chi connectivity index (χ3v) is 1.48. The van der Waals surface area contributed by atoms with Crippen LogP contribution in [0.3, 0.4) is 0 Å². The van der Waals surface area contributed by atoms with E-state index in [4.69, 9.17) is 18.7 Å². The molecule has 0 aliphatic rings. The van der Waals surface area contributed by atoms with Gasteiger partial charge in [-0.25, -0.2) is 4.21 Å². The average Bonchev–Trinajstić information content (AvgIpc) is 2.17. The van der Waals surface area contributed by atoms with Crippen LogP contribution in [0.15, 0.2) is 24.3 Å². The molecule has 8 heteroatoms. The molecular weight excluding hydrogens is 241 g/mol. The molecule has 0 saturated heterocycles. The number of diazo groups is 1. The summed E-state index contributed by atoms with van der Waals surface area (Å²) in [6, 6.07) is 7.31. The van der Waals surface area contributed by atoms with E-state index in [1.165, 1.54) is 0 Å². The predicted molar refractivity (Wildman–Crippen MR) is 64.9 cm³/mol. The molecule has 0 saturated carbocycles. The van der Waals surface area contributed by atoms with E-state index in [9.17, 15) is 0 Å². The van der Waals surface area contributed by atoms with E-state index >= 15 is 0 Å². The van der Waals surface area contributed by atoms with Crippen LogP contribution in [-0.2, 0) is 11.4 Å². The average molecular weight is 254 g/mol. The predicted octanol–water partition coefficient (Wildman–Crippen LogP) is 1.44. The van der Waals surface area contributed by atoms with Gasteiger partial charge in [-0.3, -0.25) is 0 Å². The van der Waals surface area contributed by atoms with Gasteiger partial charge in [0.1, 0.15) is 0 Å². The molecule has 1 aromatic carbocycles. The summed E-state index contributed by atoms with van der Waals surface area (Å²) in [6.07, 6.45) is 0. The number of anilines is 1. The van der Waals surface area contributed by atoms with E-state index in [1.54, 1.807) is 12.1 Å². The van der Waals surface area contributed by atoms with Crippen LogP contribution in [0.1, 0.15) is 1.43 Å². The monoisotopic (exact) mass is 254 g/mol. The Hall–Kier alpha value is -0.490. The van der Waals surface area contributed by atoms with Crippen LogP contribution in [0.5, 0.6) is 0 Å². The van der Waals surface area contributed by atoms with Gasteiger partial charge in [-0.05, 0) is 12.1 Å². The van der Waals surface area contributed by atoms with Gasteiger partial charge in [0.25, 0.3) is 0 Å². The van der Waals surface area contributed by atoms with Crippen molar-refractivity contribution in [2.45, 2.75) is 0 Å². The summed E-state index contributed by atoms with van der Waals surface area (Å²) >= 11 is -2.86. The molecule has 85 valence electrons. The number of rotatable bonds is 1. The summed E-state index contributed by atoms with van der Waals surface area (Å²) in [5, 5.41) is 8.38. The molecule has 1 unspecified atom stereocenters. The summed E-state index contributed by atoms with van der Waals surface area (Å²) < 4.78 is 24.1. The molecule has 0 spiro atoms. The van der Waals surface area contributed by atoms with Crippen LogP contribution in [0.2, 0.25) is 0 Å². The summed E-state index contributed by atoms with van der Waals surface area (Å²) in [6.45, 7) is 0. The number of hydrogen-bond acceptors (Lipinski definition) is 4. The molecule has 0 aliphatic carbocycles. The first-order valence-corrected chi connectivity index (χ1v) is 4.91. The zero-order valence-electron chi connectivity index (χ0n) is 9.32. The topological polar surface area (TPSA) is 91.8 Å². The largest absolute Gasteiger partial charge is 0.750 e. The third-order valence-electron chi connectivity index (χ3n) is 1.48. The minimum Gasteiger partial charge on any atom is -0.750 e. The number of hydrogen-bond donors (Lipinski definition) is 1. The van der Waals surface area contributed by atoms with Crippen molar-refractivity contribution in [3.63, 3.8) is 0 Å². The molecule has 1 atom stereocenters. The smallest absolute Gasteiger partial charge is 0.385 e. The van der Waals surface area contributed by atoms with Crippen molar-refractivity contribution >= 4 is 52.3 Å². The summed E-state index contributed by atoms with van der Waals surface area (Å²) in [4.78, 5) is 5.04. The first kappa shape index (κ1) is 17.9. The van der Waals surface area contributed by atoms with Gasteiger partial charge in [0.05, 0.1) is 11.4 Å². The molecule has 1 radical (unpaired) electrons. The fourth-order valence-corrected chi connectivity index (χ4v) is 0.817. The first-order chi connectivity index (χ1) is 6.97. The van der Waals surface area contributed by atoms with Gasteiger partial charge in [0.2, 0.25) is 5.39 Å². The Balaban J connectivity index is -0.000000289. The van der Waals surface area contributed by atoms with Crippen molar-refractivity contribution in [1.29, 1.82) is 5.39 Å². The minimum absolute atomic E-state index is 0. The van der Waals surface area contributed by atoms with Crippen molar-refractivity contribution in [2.24, 2.45) is 0 Å². The van der Waals surface area contributed by atoms with Gasteiger partial charge >= 0.3 is 5.69 Å². The molecular formula is C8H13N3NaO3S. The molecule has 1 N–H and O–H groups in total. The van der Waals surface area contributed by atoms with E-state index in [1.807, 2.05) is 31.1 Å². The fourth-order valence-electron chi connectivity index (χ4n) is 0.817. The van der Waals surface area contributed by atoms with Crippen LogP contribution in [-0.4, -0.2) is 57.0 Å². The molecule has 1 rings (SSSR count). The molecule has 0 fully saturated rings. The van der Waals surface area contributed by atoms with E-state index < -0.39 is 11.4 Å².